The highest BCUT2D eigenvalue weighted by Crippen LogP contribution is 2.16. The summed E-state index contributed by atoms with van der Waals surface area (Å²) in [5.41, 5.74) is 6.34. The van der Waals surface area contributed by atoms with Gasteiger partial charge in [0.1, 0.15) is 0 Å². The summed E-state index contributed by atoms with van der Waals surface area (Å²) in [4.78, 5) is 23.3. The minimum absolute atomic E-state index is 0.282. The molecule has 0 heterocycles. The quantitative estimate of drug-likeness (QED) is 0.324. The Bertz CT molecular complexity index is 477. The highest BCUT2D eigenvalue weighted by molar-refractivity contribution is 14.1. The summed E-state index contributed by atoms with van der Waals surface area (Å²) in [5, 5.41) is 2.70. The normalized spacial score (nSPS) is 10.1. The third-order valence-corrected chi connectivity index (χ3v) is 3.34. The molecule has 110 valence electrons. The topological polar surface area (TPSA) is 81.4 Å². The number of nitrogen functional groups attached to an aromatic ring is 1. The first kappa shape index (κ1) is 16.7. The molecule has 1 aromatic rings. The summed E-state index contributed by atoms with van der Waals surface area (Å²) in [5.74, 6) is -0.872. The molecule has 0 aliphatic carbocycles. The average molecular weight is 390 g/mol. The van der Waals surface area contributed by atoms with E-state index in [1.807, 2.05) is 0 Å². The lowest BCUT2D eigenvalue weighted by Gasteiger charge is -2.08. The van der Waals surface area contributed by atoms with Crippen molar-refractivity contribution in [3.05, 3.63) is 27.3 Å². The first-order chi connectivity index (χ1) is 9.54. The molecule has 20 heavy (non-hydrogen) atoms. The molecule has 1 amide bonds. The first-order valence-corrected chi connectivity index (χ1v) is 7.61. The van der Waals surface area contributed by atoms with Gasteiger partial charge in [0, 0.05) is 15.8 Å². The molecular formula is C14H19IN2O3. The Morgan fingerprint density at radius 3 is 2.80 bits per heavy atom. The van der Waals surface area contributed by atoms with Crippen LogP contribution >= 0.6 is 22.6 Å². The highest BCUT2D eigenvalue weighted by atomic mass is 127. The fraction of sp³-hybridized carbons (Fsp3) is 0.429. The van der Waals surface area contributed by atoms with Crippen LogP contribution < -0.4 is 11.1 Å². The van der Waals surface area contributed by atoms with Crippen LogP contribution in [0.15, 0.2) is 18.2 Å². The van der Waals surface area contributed by atoms with Crippen LogP contribution in [0.1, 0.15) is 36.5 Å². The Hall–Kier alpha value is -1.31. The van der Waals surface area contributed by atoms with Crippen LogP contribution in [-0.4, -0.2) is 25.0 Å². The van der Waals surface area contributed by atoms with Crippen molar-refractivity contribution in [2.45, 2.75) is 26.2 Å². The van der Waals surface area contributed by atoms with Crippen molar-refractivity contribution < 1.29 is 14.3 Å². The second-order valence-electron chi connectivity index (χ2n) is 4.36. The summed E-state index contributed by atoms with van der Waals surface area (Å²) in [6.07, 6.45) is 3.09. The molecule has 0 aliphatic heterocycles. The van der Waals surface area contributed by atoms with Gasteiger partial charge in [-0.05, 0) is 47.2 Å². The van der Waals surface area contributed by atoms with Crippen LogP contribution in [0.25, 0.3) is 0 Å². The summed E-state index contributed by atoms with van der Waals surface area (Å²) in [6, 6.07) is 5.08. The monoisotopic (exact) mass is 390 g/mol. The Balaban J connectivity index is 2.39. The van der Waals surface area contributed by atoms with Crippen molar-refractivity contribution in [1.29, 1.82) is 0 Å². The van der Waals surface area contributed by atoms with Crippen LogP contribution in [0.5, 0.6) is 0 Å². The maximum absolute atomic E-state index is 11.8. The summed E-state index contributed by atoms with van der Waals surface area (Å²) < 4.78 is 5.83. The number of benzene rings is 1. The fourth-order valence-electron chi connectivity index (χ4n) is 1.57. The zero-order valence-electron chi connectivity index (χ0n) is 11.4. The number of rotatable bonds is 7. The van der Waals surface area contributed by atoms with E-state index in [-0.39, 0.29) is 18.1 Å². The Labute approximate surface area is 132 Å². The molecule has 1 aromatic carbocycles. The van der Waals surface area contributed by atoms with Crippen LogP contribution in [-0.2, 0) is 9.53 Å². The molecule has 0 fully saturated rings. The van der Waals surface area contributed by atoms with Crippen molar-refractivity contribution >= 4 is 40.2 Å². The van der Waals surface area contributed by atoms with Gasteiger partial charge in [-0.25, -0.2) is 4.79 Å². The first-order valence-electron chi connectivity index (χ1n) is 6.53. The van der Waals surface area contributed by atoms with E-state index >= 15 is 0 Å². The molecule has 0 aromatic heterocycles. The van der Waals surface area contributed by atoms with Crippen molar-refractivity contribution in [3.8, 4) is 0 Å². The number of carbonyl (C=O) groups excluding carboxylic acids is 2. The van der Waals surface area contributed by atoms with Gasteiger partial charge in [0.05, 0.1) is 5.56 Å². The molecule has 1 rings (SSSR count). The van der Waals surface area contributed by atoms with Crippen molar-refractivity contribution in [2.75, 3.05) is 18.9 Å². The van der Waals surface area contributed by atoms with Crippen molar-refractivity contribution in [1.82, 2.24) is 5.32 Å². The van der Waals surface area contributed by atoms with E-state index in [0.717, 1.165) is 22.8 Å². The van der Waals surface area contributed by atoms with E-state index in [1.165, 1.54) is 0 Å². The molecule has 3 N–H and O–H groups in total. The molecule has 0 atom stereocenters. The van der Waals surface area contributed by atoms with Gasteiger partial charge in [0.2, 0.25) is 0 Å². The molecule has 0 spiro atoms. The van der Waals surface area contributed by atoms with Gasteiger partial charge in [-0.3, -0.25) is 4.79 Å². The lowest BCUT2D eigenvalue weighted by atomic mass is 10.2. The molecule has 0 saturated carbocycles. The lowest BCUT2D eigenvalue weighted by molar-refractivity contribution is -0.124. The molecule has 0 saturated heterocycles. The molecule has 0 aliphatic rings. The second kappa shape index (κ2) is 8.78. The van der Waals surface area contributed by atoms with Crippen molar-refractivity contribution in [2.24, 2.45) is 0 Å². The molecular weight excluding hydrogens is 371 g/mol. The van der Waals surface area contributed by atoms with E-state index < -0.39 is 5.97 Å². The van der Waals surface area contributed by atoms with Gasteiger partial charge in [0.15, 0.2) is 6.61 Å². The summed E-state index contributed by atoms with van der Waals surface area (Å²) >= 11 is 2.08. The van der Waals surface area contributed by atoms with Gasteiger partial charge in [0.25, 0.3) is 5.91 Å². The number of anilines is 1. The number of halogens is 1. The van der Waals surface area contributed by atoms with Gasteiger partial charge >= 0.3 is 5.97 Å². The van der Waals surface area contributed by atoms with Crippen molar-refractivity contribution in [3.63, 3.8) is 0 Å². The number of ether oxygens (including phenoxy) is 1. The number of nitrogens with one attached hydrogen (secondary N) is 1. The van der Waals surface area contributed by atoms with Gasteiger partial charge in [-0.2, -0.15) is 0 Å². The third kappa shape index (κ3) is 5.77. The average Bonchev–Trinajstić information content (AvgIpc) is 2.43. The molecule has 5 nitrogen and oxygen atoms in total. The van der Waals surface area contributed by atoms with Gasteiger partial charge in [-0.1, -0.05) is 19.8 Å². The summed E-state index contributed by atoms with van der Waals surface area (Å²) in [7, 11) is 0. The van der Waals surface area contributed by atoms with E-state index in [0.29, 0.717) is 12.2 Å². The number of hydrogen-bond donors (Lipinski definition) is 2. The van der Waals surface area contributed by atoms with E-state index in [9.17, 15) is 9.59 Å². The number of hydrogen-bond acceptors (Lipinski definition) is 4. The highest BCUT2D eigenvalue weighted by Gasteiger charge is 2.13. The number of esters is 1. The maximum atomic E-state index is 11.8. The zero-order chi connectivity index (χ0) is 15.0. The Morgan fingerprint density at radius 1 is 1.35 bits per heavy atom. The fourth-order valence-corrected chi connectivity index (χ4v) is 2.06. The van der Waals surface area contributed by atoms with Crippen LogP contribution in [0.2, 0.25) is 0 Å². The Kier molecular flexibility index (Phi) is 7.35. The lowest BCUT2D eigenvalue weighted by Crippen LogP contribution is -2.29. The minimum Gasteiger partial charge on any atom is -0.452 e. The standard InChI is InChI=1S/C14H19IN2O3/c1-2-3-4-7-17-13(18)9-20-14(19)11-8-10(15)5-6-12(11)16/h5-6,8H,2-4,7,9,16H2,1H3,(H,17,18). The maximum Gasteiger partial charge on any atom is 0.340 e. The van der Waals surface area contributed by atoms with E-state index in [1.54, 1.807) is 18.2 Å². The predicted molar refractivity (Wildman–Crippen MR) is 86.4 cm³/mol. The number of carbonyl (C=O) groups is 2. The Morgan fingerprint density at radius 2 is 2.10 bits per heavy atom. The number of unbranched alkanes of at least 4 members (excludes halogenated alkanes) is 2. The van der Waals surface area contributed by atoms with Gasteiger partial charge < -0.3 is 15.8 Å². The molecule has 0 unspecified atom stereocenters. The molecule has 0 radical (unpaired) electrons. The minimum atomic E-state index is -0.579. The zero-order valence-corrected chi connectivity index (χ0v) is 13.6. The van der Waals surface area contributed by atoms with E-state index in [4.69, 9.17) is 10.5 Å². The van der Waals surface area contributed by atoms with Crippen LogP contribution in [0, 0.1) is 3.57 Å². The molecule has 6 heteroatoms. The second-order valence-corrected chi connectivity index (χ2v) is 5.61. The van der Waals surface area contributed by atoms with Crippen LogP contribution in [0.4, 0.5) is 5.69 Å². The third-order valence-electron chi connectivity index (χ3n) is 2.67. The number of amides is 1. The largest absolute Gasteiger partial charge is 0.452 e. The smallest absolute Gasteiger partial charge is 0.340 e. The summed E-state index contributed by atoms with van der Waals surface area (Å²) in [6.45, 7) is 2.42. The number of nitrogens with two attached hydrogens (primary N) is 1. The van der Waals surface area contributed by atoms with Gasteiger partial charge in [-0.15, -0.1) is 0 Å². The SMILES string of the molecule is CCCCCNC(=O)COC(=O)c1cc(I)ccc1N. The molecule has 0 bridgehead atoms. The van der Waals surface area contributed by atoms with E-state index in [2.05, 4.69) is 34.8 Å². The predicted octanol–water partition coefficient (Wildman–Crippen LogP) is 2.34. The van der Waals surface area contributed by atoms with Crippen LogP contribution in [0.3, 0.4) is 0 Å².